The van der Waals surface area contributed by atoms with E-state index >= 15 is 0 Å². The van der Waals surface area contributed by atoms with Gasteiger partial charge in [-0.1, -0.05) is 50.7 Å². The van der Waals surface area contributed by atoms with Gasteiger partial charge < -0.3 is 4.57 Å². The van der Waals surface area contributed by atoms with Crippen LogP contribution < -0.4 is 4.80 Å². The highest BCUT2D eigenvalue weighted by Crippen LogP contribution is 2.33. The van der Waals surface area contributed by atoms with Crippen LogP contribution in [-0.4, -0.2) is 15.5 Å². The van der Waals surface area contributed by atoms with Gasteiger partial charge in [-0.25, -0.2) is 0 Å². The molecule has 2 fully saturated rings. The predicted octanol–water partition coefficient (Wildman–Crippen LogP) is 6.44. The van der Waals surface area contributed by atoms with Gasteiger partial charge in [0.1, 0.15) is 0 Å². The fourth-order valence-electron chi connectivity index (χ4n) is 4.46. The third-order valence-electron chi connectivity index (χ3n) is 5.90. The Morgan fingerprint density at radius 2 is 1.71 bits per heavy atom. The van der Waals surface area contributed by atoms with Crippen molar-refractivity contribution in [1.29, 1.82) is 0 Å². The predicted molar refractivity (Wildman–Crippen MR) is 119 cm³/mol. The summed E-state index contributed by atoms with van der Waals surface area (Å²) in [5.41, 5.74) is 2.17. The minimum absolute atomic E-state index is 0. The first-order chi connectivity index (χ1) is 13.2. The van der Waals surface area contributed by atoms with E-state index in [0.717, 1.165) is 16.1 Å². The molecule has 4 rings (SSSR count). The van der Waals surface area contributed by atoms with E-state index in [2.05, 4.69) is 9.95 Å². The lowest BCUT2D eigenvalue weighted by atomic mass is 9.94. The number of nitro groups is 1. The molecule has 2 aliphatic rings. The van der Waals surface area contributed by atoms with Gasteiger partial charge in [-0.2, -0.15) is 0 Å². The maximum Gasteiger partial charge on any atom is 0.270 e. The molecule has 2 aliphatic carbocycles. The summed E-state index contributed by atoms with van der Waals surface area (Å²) >= 11 is 1.70. The van der Waals surface area contributed by atoms with Crippen molar-refractivity contribution in [2.45, 2.75) is 76.3 Å². The second-order valence-corrected chi connectivity index (χ2v) is 8.63. The summed E-state index contributed by atoms with van der Waals surface area (Å²) in [7, 11) is 0. The summed E-state index contributed by atoms with van der Waals surface area (Å²) in [6.45, 7) is 0. The van der Waals surface area contributed by atoms with Crippen molar-refractivity contribution in [2.75, 3.05) is 0 Å². The van der Waals surface area contributed by atoms with Crippen LogP contribution >= 0.6 is 28.3 Å². The maximum atomic E-state index is 11.2. The van der Waals surface area contributed by atoms with Crippen molar-refractivity contribution in [3.63, 3.8) is 0 Å². The molecule has 1 aromatic carbocycles. The highest BCUT2D eigenvalue weighted by Gasteiger charge is 2.22. The van der Waals surface area contributed by atoms with E-state index in [-0.39, 0.29) is 27.6 Å². The van der Waals surface area contributed by atoms with E-state index in [1.54, 1.807) is 29.5 Å². The average Bonchev–Trinajstić information content (AvgIpc) is 3.13. The number of aromatic nitrogens is 1. The Bertz CT molecular complexity index is 865. The lowest BCUT2D eigenvalue weighted by molar-refractivity contribution is -0.384. The standard InChI is InChI=1S/C21H27N3O2S.BrH/c25-24(26)19-13-7-8-16(14-19)20-15-27-21(22-17-9-3-1-4-10-17)23(20)18-11-5-2-6-12-18;/h7-8,13-15,17-18H,1-6,9-12H2;1H. The summed E-state index contributed by atoms with van der Waals surface area (Å²) in [6, 6.07) is 7.93. The number of rotatable bonds is 4. The van der Waals surface area contributed by atoms with E-state index in [4.69, 9.17) is 4.99 Å². The Morgan fingerprint density at radius 1 is 1.04 bits per heavy atom. The van der Waals surface area contributed by atoms with Crippen molar-refractivity contribution in [1.82, 2.24) is 4.57 Å². The molecular formula is C21H28BrN3O2S. The molecule has 2 saturated carbocycles. The van der Waals surface area contributed by atoms with Crippen molar-refractivity contribution in [2.24, 2.45) is 4.99 Å². The van der Waals surface area contributed by atoms with Crippen molar-refractivity contribution in [3.8, 4) is 11.3 Å². The van der Waals surface area contributed by atoms with Gasteiger partial charge in [-0.15, -0.1) is 28.3 Å². The summed E-state index contributed by atoms with van der Waals surface area (Å²) in [6.07, 6.45) is 12.4. The molecule has 0 amide bonds. The number of thiazole rings is 1. The quantitative estimate of drug-likeness (QED) is 0.385. The zero-order valence-electron chi connectivity index (χ0n) is 16.1. The summed E-state index contributed by atoms with van der Waals surface area (Å²) in [5.74, 6) is 0. The Morgan fingerprint density at radius 3 is 2.39 bits per heavy atom. The highest BCUT2D eigenvalue weighted by atomic mass is 79.9. The van der Waals surface area contributed by atoms with Crippen LogP contribution in [0.5, 0.6) is 0 Å². The second kappa shape index (κ2) is 9.83. The molecule has 28 heavy (non-hydrogen) atoms. The SMILES string of the molecule is Br.O=[N+]([O-])c1cccc(-c2csc(=NC3CCCCC3)n2C2CCCCC2)c1. The Labute approximate surface area is 180 Å². The van der Waals surface area contributed by atoms with Gasteiger partial charge in [0, 0.05) is 29.1 Å². The number of hydrogen-bond acceptors (Lipinski definition) is 4. The van der Waals surface area contributed by atoms with Crippen LogP contribution in [0.15, 0.2) is 34.6 Å². The van der Waals surface area contributed by atoms with Crippen LogP contribution in [0.25, 0.3) is 11.3 Å². The first-order valence-electron chi connectivity index (χ1n) is 10.2. The van der Waals surface area contributed by atoms with Gasteiger partial charge in [-0.3, -0.25) is 15.1 Å². The number of nitrogens with zero attached hydrogens (tertiary/aromatic N) is 3. The molecule has 0 radical (unpaired) electrons. The minimum Gasteiger partial charge on any atom is -0.314 e. The smallest absolute Gasteiger partial charge is 0.270 e. The van der Waals surface area contributed by atoms with Gasteiger partial charge in [0.05, 0.1) is 16.7 Å². The molecule has 0 saturated heterocycles. The number of benzene rings is 1. The number of non-ortho nitro benzene ring substituents is 1. The summed E-state index contributed by atoms with van der Waals surface area (Å²) < 4.78 is 2.40. The molecule has 152 valence electrons. The van der Waals surface area contributed by atoms with Gasteiger partial charge in [0.15, 0.2) is 4.80 Å². The third-order valence-corrected chi connectivity index (χ3v) is 6.76. The van der Waals surface area contributed by atoms with Crippen LogP contribution in [0.4, 0.5) is 5.69 Å². The molecule has 7 heteroatoms. The topological polar surface area (TPSA) is 60.4 Å². The van der Waals surface area contributed by atoms with E-state index < -0.39 is 0 Å². The van der Waals surface area contributed by atoms with Crippen molar-refractivity contribution < 1.29 is 4.92 Å². The first-order valence-corrected chi connectivity index (χ1v) is 11.1. The molecule has 0 unspecified atom stereocenters. The van der Waals surface area contributed by atoms with Crippen molar-refractivity contribution >= 4 is 34.0 Å². The van der Waals surface area contributed by atoms with Crippen LogP contribution in [0.3, 0.4) is 0 Å². The van der Waals surface area contributed by atoms with Crippen LogP contribution in [0.1, 0.15) is 70.3 Å². The van der Waals surface area contributed by atoms with Crippen molar-refractivity contribution in [3.05, 3.63) is 44.6 Å². The average molecular weight is 466 g/mol. The van der Waals surface area contributed by atoms with E-state index in [0.29, 0.717) is 12.1 Å². The lowest BCUT2D eigenvalue weighted by Gasteiger charge is -2.26. The fraction of sp³-hybridized carbons (Fsp3) is 0.571. The van der Waals surface area contributed by atoms with E-state index in [1.807, 2.05) is 6.07 Å². The normalized spacial score (nSPS) is 19.4. The molecular weight excluding hydrogens is 438 g/mol. The van der Waals surface area contributed by atoms with Gasteiger partial charge >= 0.3 is 0 Å². The molecule has 0 N–H and O–H groups in total. The second-order valence-electron chi connectivity index (χ2n) is 7.79. The maximum absolute atomic E-state index is 11.2. The number of nitro benzene ring substituents is 1. The van der Waals surface area contributed by atoms with Crippen LogP contribution in [-0.2, 0) is 0 Å². The molecule has 1 heterocycles. The zero-order chi connectivity index (χ0) is 18.6. The molecule has 0 bridgehead atoms. The third kappa shape index (κ3) is 4.74. The van der Waals surface area contributed by atoms with E-state index in [9.17, 15) is 10.1 Å². The van der Waals surface area contributed by atoms with Crippen LogP contribution in [0, 0.1) is 10.1 Å². The summed E-state index contributed by atoms with van der Waals surface area (Å²) in [4.78, 5) is 17.2. The lowest BCUT2D eigenvalue weighted by Crippen LogP contribution is -2.26. The Balaban J connectivity index is 0.00000225. The zero-order valence-corrected chi connectivity index (χ0v) is 18.6. The van der Waals surface area contributed by atoms with Gasteiger partial charge in [-0.05, 0) is 25.7 Å². The highest BCUT2D eigenvalue weighted by molar-refractivity contribution is 8.93. The molecule has 0 aliphatic heterocycles. The molecule has 2 aromatic rings. The first kappa shape index (κ1) is 21.2. The minimum atomic E-state index is -0.311. The molecule has 0 atom stereocenters. The largest absolute Gasteiger partial charge is 0.314 e. The van der Waals surface area contributed by atoms with Gasteiger partial charge in [0.25, 0.3) is 5.69 Å². The molecule has 5 nitrogen and oxygen atoms in total. The number of hydrogen-bond donors (Lipinski definition) is 0. The van der Waals surface area contributed by atoms with Crippen LogP contribution in [0.2, 0.25) is 0 Å². The fourth-order valence-corrected chi connectivity index (χ4v) is 5.50. The van der Waals surface area contributed by atoms with Gasteiger partial charge in [0.2, 0.25) is 0 Å². The Hall–Kier alpha value is -1.47. The molecule has 0 spiro atoms. The van der Waals surface area contributed by atoms with E-state index in [1.165, 1.54) is 64.2 Å². The Kier molecular flexibility index (Phi) is 7.46. The summed E-state index contributed by atoms with van der Waals surface area (Å²) in [5, 5.41) is 13.4. The molecule has 1 aromatic heterocycles. The number of halogens is 1. The monoisotopic (exact) mass is 465 g/mol.